The Kier molecular flexibility index (Phi) is 5.23. The minimum absolute atomic E-state index is 0.325. The van der Waals surface area contributed by atoms with Crippen LogP contribution >= 0.6 is 0 Å². The van der Waals surface area contributed by atoms with Gasteiger partial charge in [-0.2, -0.15) is 9.97 Å². The van der Waals surface area contributed by atoms with Crippen molar-refractivity contribution in [2.24, 2.45) is 0 Å². The van der Waals surface area contributed by atoms with E-state index in [1.165, 1.54) is 4.57 Å². The number of aromatic nitrogens is 6. The maximum atomic E-state index is 14.0. The zero-order valence-electron chi connectivity index (χ0n) is 17.2. The molecule has 1 aromatic carbocycles. The van der Waals surface area contributed by atoms with Crippen LogP contribution in [0.4, 0.5) is 14.7 Å². The van der Waals surface area contributed by atoms with E-state index in [2.05, 4.69) is 16.9 Å². The minimum Gasteiger partial charge on any atom is -0.378 e. The number of hydrogen-bond donors (Lipinski definition) is 0. The van der Waals surface area contributed by atoms with Crippen molar-refractivity contribution in [2.45, 2.75) is 32.7 Å². The van der Waals surface area contributed by atoms with Gasteiger partial charge in [0.1, 0.15) is 0 Å². The Morgan fingerprint density at radius 3 is 2.68 bits per heavy atom. The van der Waals surface area contributed by atoms with E-state index in [0.29, 0.717) is 60.3 Å². The van der Waals surface area contributed by atoms with E-state index in [9.17, 15) is 8.78 Å². The second kappa shape index (κ2) is 8.18. The van der Waals surface area contributed by atoms with Crippen molar-refractivity contribution < 1.29 is 13.5 Å². The predicted molar refractivity (Wildman–Crippen MR) is 113 cm³/mol. The van der Waals surface area contributed by atoms with Gasteiger partial charge in [0.15, 0.2) is 22.8 Å². The average Bonchev–Trinajstić information content (AvgIpc) is 3.39. The molecule has 1 aliphatic rings. The van der Waals surface area contributed by atoms with Gasteiger partial charge in [-0.25, -0.2) is 18.7 Å². The third kappa shape index (κ3) is 3.50. The molecule has 4 aromatic rings. The Bertz CT molecular complexity index is 1210. The minimum atomic E-state index is -2.76. The van der Waals surface area contributed by atoms with Gasteiger partial charge in [0.25, 0.3) is 6.43 Å². The van der Waals surface area contributed by atoms with Crippen molar-refractivity contribution in [1.29, 1.82) is 0 Å². The molecular weight excluding hydrogens is 404 g/mol. The van der Waals surface area contributed by atoms with Crippen LogP contribution in [-0.2, 0) is 11.3 Å². The van der Waals surface area contributed by atoms with E-state index < -0.39 is 6.43 Å². The summed E-state index contributed by atoms with van der Waals surface area (Å²) < 4.78 is 36.8. The number of aryl methyl sites for hydroxylation is 1. The summed E-state index contributed by atoms with van der Waals surface area (Å²) in [5.74, 6) is 0.463. The molecule has 5 rings (SSSR count). The van der Waals surface area contributed by atoms with Gasteiger partial charge >= 0.3 is 0 Å². The number of morpholine rings is 1. The van der Waals surface area contributed by atoms with Crippen LogP contribution in [0.2, 0.25) is 0 Å². The molecule has 1 saturated heterocycles. The summed E-state index contributed by atoms with van der Waals surface area (Å²) in [6.07, 6.45) is 0.943. The molecule has 8 nitrogen and oxygen atoms in total. The van der Waals surface area contributed by atoms with Crippen molar-refractivity contribution in [1.82, 2.24) is 29.1 Å². The van der Waals surface area contributed by atoms with Crippen LogP contribution in [0.3, 0.4) is 0 Å². The molecule has 1 fully saturated rings. The highest BCUT2D eigenvalue weighted by molar-refractivity contribution is 5.85. The van der Waals surface area contributed by atoms with Gasteiger partial charge in [-0.3, -0.25) is 4.57 Å². The third-order valence-electron chi connectivity index (χ3n) is 5.47. The number of benzene rings is 1. The zero-order valence-corrected chi connectivity index (χ0v) is 17.2. The SMILES string of the molecule is CCCCn1cnc2c(-n3c(C(F)F)nc4ccccc43)nc(N3CCOCC3)nc21. The standard InChI is InChI=1S/C21H23F2N7O/c1-2-3-8-29-13-24-16-18(29)26-21(28-9-11-31-12-10-28)27-19(16)30-15-7-5-4-6-14(15)25-20(30)17(22)23/h4-7,13,17H,2-3,8-12H2,1H3. The predicted octanol–water partition coefficient (Wildman–Crippen LogP) is 3.74. The van der Waals surface area contributed by atoms with Gasteiger partial charge in [0, 0.05) is 19.6 Å². The highest BCUT2D eigenvalue weighted by Gasteiger charge is 2.26. The number of anilines is 1. The van der Waals surface area contributed by atoms with Crippen LogP contribution < -0.4 is 4.90 Å². The van der Waals surface area contributed by atoms with Gasteiger partial charge in [0.05, 0.1) is 30.6 Å². The first kappa shape index (κ1) is 19.8. The number of halogens is 2. The Hall–Kier alpha value is -3.14. The van der Waals surface area contributed by atoms with Crippen LogP contribution in [0, 0.1) is 0 Å². The zero-order chi connectivity index (χ0) is 21.4. The molecule has 162 valence electrons. The molecule has 0 bridgehead atoms. The molecule has 4 heterocycles. The van der Waals surface area contributed by atoms with E-state index in [-0.39, 0.29) is 5.82 Å². The average molecular weight is 427 g/mol. The highest BCUT2D eigenvalue weighted by atomic mass is 19.3. The lowest BCUT2D eigenvalue weighted by Crippen LogP contribution is -2.37. The fourth-order valence-electron chi connectivity index (χ4n) is 3.88. The van der Waals surface area contributed by atoms with Crippen molar-refractivity contribution in [3.8, 4) is 5.82 Å². The number of para-hydroxylation sites is 2. The van der Waals surface area contributed by atoms with E-state index in [0.717, 1.165) is 19.4 Å². The number of unbranched alkanes of at least 4 members (excludes halogenated alkanes) is 1. The van der Waals surface area contributed by atoms with E-state index in [1.54, 1.807) is 30.6 Å². The van der Waals surface area contributed by atoms with Crippen molar-refractivity contribution in [3.63, 3.8) is 0 Å². The van der Waals surface area contributed by atoms with Crippen LogP contribution in [-0.4, -0.2) is 55.4 Å². The van der Waals surface area contributed by atoms with E-state index >= 15 is 0 Å². The van der Waals surface area contributed by atoms with Gasteiger partial charge in [0.2, 0.25) is 5.95 Å². The van der Waals surface area contributed by atoms with E-state index in [4.69, 9.17) is 14.7 Å². The van der Waals surface area contributed by atoms with Crippen LogP contribution in [0.1, 0.15) is 32.0 Å². The number of imidazole rings is 2. The summed E-state index contributed by atoms with van der Waals surface area (Å²) in [5, 5.41) is 0. The monoisotopic (exact) mass is 427 g/mol. The Labute approximate surface area is 177 Å². The molecule has 0 unspecified atom stereocenters. The largest absolute Gasteiger partial charge is 0.378 e. The number of rotatable bonds is 6. The molecule has 0 spiro atoms. The molecule has 0 N–H and O–H groups in total. The second-order valence-corrected chi connectivity index (χ2v) is 7.51. The van der Waals surface area contributed by atoms with Crippen molar-refractivity contribution in [3.05, 3.63) is 36.4 Å². The van der Waals surface area contributed by atoms with Crippen LogP contribution in [0.25, 0.3) is 28.0 Å². The topological polar surface area (TPSA) is 73.9 Å². The molecule has 0 amide bonds. The maximum Gasteiger partial charge on any atom is 0.296 e. The highest BCUT2D eigenvalue weighted by Crippen LogP contribution is 2.31. The smallest absolute Gasteiger partial charge is 0.296 e. The molecule has 0 saturated carbocycles. The molecule has 3 aromatic heterocycles. The Morgan fingerprint density at radius 2 is 1.90 bits per heavy atom. The number of fused-ring (bicyclic) bond motifs is 2. The summed E-state index contributed by atoms with van der Waals surface area (Å²) >= 11 is 0. The quantitative estimate of drug-likeness (QED) is 0.467. The lowest BCUT2D eigenvalue weighted by atomic mass is 10.3. The normalized spacial score (nSPS) is 14.9. The third-order valence-corrected chi connectivity index (χ3v) is 5.47. The Morgan fingerprint density at radius 1 is 1.10 bits per heavy atom. The summed E-state index contributed by atoms with van der Waals surface area (Å²) in [6.45, 7) is 5.29. The van der Waals surface area contributed by atoms with Gasteiger partial charge < -0.3 is 14.2 Å². The number of hydrogen-bond acceptors (Lipinski definition) is 6. The van der Waals surface area contributed by atoms with E-state index in [1.807, 2.05) is 9.47 Å². The van der Waals surface area contributed by atoms with Gasteiger partial charge in [-0.1, -0.05) is 25.5 Å². The number of alkyl halides is 2. The van der Waals surface area contributed by atoms with Crippen molar-refractivity contribution >= 4 is 28.1 Å². The fourth-order valence-corrected chi connectivity index (χ4v) is 3.88. The first-order chi connectivity index (χ1) is 15.2. The van der Waals surface area contributed by atoms with Gasteiger partial charge in [-0.05, 0) is 18.6 Å². The summed E-state index contributed by atoms with van der Waals surface area (Å²) in [5.41, 5.74) is 2.17. The number of nitrogens with zero attached hydrogens (tertiary/aromatic N) is 7. The molecule has 0 aliphatic carbocycles. The molecule has 0 radical (unpaired) electrons. The lowest BCUT2D eigenvalue weighted by Gasteiger charge is -2.27. The first-order valence-electron chi connectivity index (χ1n) is 10.5. The molecule has 0 atom stereocenters. The molecule has 31 heavy (non-hydrogen) atoms. The maximum absolute atomic E-state index is 14.0. The molecular formula is C21H23F2N7O. The summed E-state index contributed by atoms with van der Waals surface area (Å²) in [7, 11) is 0. The fraction of sp³-hybridized carbons (Fsp3) is 0.429. The summed E-state index contributed by atoms with van der Waals surface area (Å²) in [4.78, 5) is 20.2. The van der Waals surface area contributed by atoms with Gasteiger partial charge in [-0.15, -0.1) is 0 Å². The number of ether oxygens (including phenoxy) is 1. The second-order valence-electron chi connectivity index (χ2n) is 7.51. The Balaban J connectivity index is 1.77. The summed E-state index contributed by atoms with van der Waals surface area (Å²) in [6, 6.07) is 7.07. The molecule has 10 heteroatoms. The van der Waals surface area contributed by atoms with Crippen molar-refractivity contribution in [2.75, 3.05) is 31.2 Å². The first-order valence-corrected chi connectivity index (χ1v) is 10.5. The van der Waals surface area contributed by atoms with Crippen LogP contribution in [0.15, 0.2) is 30.6 Å². The van der Waals surface area contributed by atoms with Crippen LogP contribution in [0.5, 0.6) is 0 Å². The lowest BCUT2D eigenvalue weighted by molar-refractivity contribution is 0.122. The molecule has 1 aliphatic heterocycles.